The Morgan fingerprint density at radius 2 is 1.04 bits per heavy atom. The van der Waals surface area contributed by atoms with Crippen LogP contribution in [0.15, 0.2) is 73.4 Å². The van der Waals surface area contributed by atoms with E-state index in [-0.39, 0.29) is 0 Å². The van der Waals surface area contributed by atoms with E-state index in [0.29, 0.717) is 0 Å². The van der Waals surface area contributed by atoms with Gasteiger partial charge in [-0.25, -0.2) is 9.59 Å². The van der Waals surface area contributed by atoms with E-state index in [1.54, 1.807) is 24.8 Å². The predicted octanol–water partition coefficient (Wildman–Crippen LogP) is 2.92. The summed E-state index contributed by atoms with van der Waals surface area (Å²) in [5.74, 6) is -2.20. The number of pyridine rings is 2. The lowest BCUT2D eigenvalue weighted by Gasteiger charge is -1.92. The normalized spacial score (nSPS) is 10.7. The average Bonchev–Trinajstić information content (AvgIpc) is 2.59. The van der Waals surface area contributed by atoms with Crippen LogP contribution in [0.25, 0.3) is 12.2 Å². The molecular weight excluding hydrogens is 308 g/mol. The molecule has 2 aromatic rings. The van der Waals surface area contributed by atoms with Crippen LogP contribution < -0.4 is 0 Å². The molecule has 6 heteroatoms. The molecule has 2 rings (SSSR count). The maximum absolute atomic E-state index is 9.78. The summed E-state index contributed by atoms with van der Waals surface area (Å²) < 4.78 is 0. The second-order valence-corrected chi connectivity index (χ2v) is 4.29. The lowest BCUT2D eigenvalue weighted by atomic mass is 10.2. The van der Waals surface area contributed by atoms with Crippen molar-refractivity contribution >= 4 is 24.1 Å². The Balaban J connectivity index is 0.000000257. The second-order valence-electron chi connectivity index (χ2n) is 4.29. The number of carboxylic acids is 2. The summed E-state index contributed by atoms with van der Waals surface area (Å²) in [7, 11) is 0. The van der Waals surface area contributed by atoms with E-state index in [4.69, 9.17) is 10.2 Å². The monoisotopic (exact) mass is 324 g/mol. The molecule has 0 unspecified atom stereocenters. The molecule has 2 aromatic heterocycles. The third kappa shape index (κ3) is 9.41. The predicted molar refractivity (Wildman–Crippen MR) is 91.0 cm³/mol. The van der Waals surface area contributed by atoms with Crippen molar-refractivity contribution in [3.05, 3.63) is 84.5 Å². The van der Waals surface area contributed by atoms with Crippen molar-refractivity contribution < 1.29 is 19.8 Å². The SMILES string of the molecule is C(=C\c1ccncc1)/c1ccncc1.O=C(O)/C=C/C=C/C(=O)O. The molecule has 0 atom stereocenters. The number of hydrogen-bond acceptors (Lipinski definition) is 4. The number of rotatable bonds is 5. The van der Waals surface area contributed by atoms with E-state index in [2.05, 4.69) is 22.1 Å². The summed E-state index contributed by atoms with van der Waals surface area (Å²) in [5, 5.41) is 16.0. The first-order valence-electron chi connectivity index (χ1n) is 6.86. The van der Waals surface area contributed by atoms with E-state index in [0.717, 1.165) is 35.4 Å². The van der Waals surface area contributed by atoms with Crippen LogP contribution in [0.4, 0.5) is 0 Å². The molecule has 0 fully saturated rings. The number of nitrogens with zero attached hydrogens (tertiary/aromatic N) is 2. The van der Waals surface area contributed by atoms with Crippen LogP contribution in [-0.4, -0.2) is 32.1 Å². The van der Waals surface area contributed by atoms with Crippen LogP contribution in [0.3, 0.4) is 0 Å². The third-order valence-corrected chi connectivity index (χ3v) is 2.47. The number of carboxylic acid groups (broad SMARTS) is 2. The molecule has 2 heterocycles. The standard InChI is InChI=1S/C12H10N2.C6H6O4/c1(11-3-7-13-8-4-11)2-12-5-9-14-10-6-12;7-5(8)3-1-2-4-6(9)10/h1-10H;1-4H,(H,7,8)(H,9,10)/b2-1+;3-1+,4-2+. The molecule has 0 radical (unpaired) electrons. The summed E-state index contributed by atoms with van der Waals surface area (Å²) >= 11 is 0. The lowest BCUT2D eigenvalue weighted by Crippen LogP contribution is -1.86. The van der Waals surface area contributed by atoms with Crippen LogP contribution >= 0.6 is 0 Å². The summed E-state index contributed by atoms with van der Waals surface area (Å²) in [6.45, 7) is 0. The Kier molecular flexibility index (Phi) is 8.55. The summed E-state index contributed by atoms with van der Waals surface area (Å²) in [6.07, 6.45) is 15.2. The highest BCUT2D eigenvalue weighted by Gasteiger charge is 1.85. The van der Waals surface area contributed by atoms with Gasteiger partial charge < -0.3 is 10.2 Å². The topological polar surface area (TPSA) is 100 Å². The van der Waals surface area contributed by atoms with Gasteiger partial charge >= 0.3 is 11.9 Å². The Bertz CT molecular complexity index is 660. The molecule has 0 saturated carbocycles. The molecule has 0 spiro atoms. The van der Waals surface area contributed by atoms with Gasteiger partial charge in [-0.3, -0.25) is 9.97 Å². The number of aliphatic carboxylic acids is 2. The molecule has 0 aliphatic carbocycles. The molecule has 0 bridgehead atoms. The summed E-state index contributed by atoms with van der Waals surface area (Å²) in [4.78, 5) is 27.5. The van der Waals surface area contributed by atoms with Crippen molar-refractivity contribution in [1.29, 1.82) is 0 Å². The quantitative estimate of drug-likeness (QED) is 0.648. The molecule has 0 aliphatic heterocycles. The minimum absolute atomic E-state index is 0.847. The van der Waals surface area contributed by atoms with Gasteiger partial charge in [-0.2, -0.15) is 0 Å². The first kappa shape index (κ1) is 18.5. The van der Waals surface area contributed by atoms with Gasteiger partial charge in [-0.15, -0.1) is 0 Å². The maximum Gasteiger partial charge on any atom is 0.328 e. The number of aromatic nitrogens is 2. The van der Waals surface area contributed by atoms with Crippen molar-refractivity contribution in [3.8, 4) is 0 Å². The van der Waals surface area contributed by atoms with E-state index in [1.807, 2.05) is 24.3 Å². The largest absolute Gasteiger partial charge is 0.478 e. The molecule has 0 aromatic carbocycles. The van der Waals surface area contributed by atoms with Gasteiger partial charge in [-0.1, -0.05) is 24.3 Å². The van der Waals surface area contributed by atoms with E-state index < -0.39 is 11.9 Å². The third-order valence-electron chi connectivity index (χ3n) is 2.47. The van der Waals surface area contributed by atoms with Crippen LogP contribution in [0.5, 0.6) is 0 Å². The highest BCUT2D eigenvalue weighted by molar-refractivity contribution is 5.82. The zero-order chi connectivity index (χ0) is 17.6. The van der Waals surface area contributed by atoms with Gasteiger partial charge in [0.2, 0.25) is 0 Å². The lowest BCUT2D eigenvalue weighted by molar-refractivity contribution is -0.132. The number of carbonyl (C=O) groups is 2. The van der Waals surface area contributed by atoms with Crippen molar-refractivity contribution in [3.63, 3.8) is 0 Å². The fourth-order valence-electron chi connectivity index (χ4n) is 1.42. The zero-order valence-corrected chi connectivity index (χ0v) is 12.7. The van der Waals surface area contributed by atoms with Crippen LogP contribution in [0.2, 0.25) is 0 Å². The molecule has 0 amide bonds. The highest BCUT2D eigenvalue weighted by Crippen LogP contribution is 2.05. The van der Waals surface area contributed by atoms with Crippen LogP contribution in [-0.2, 0) is 9.59 Å². The van der Waals surface area contributed by atoms with Gasteiger partial charge in [0.15, 0.2) is 0 Å². The summed E-state index contributed by atoms with van der Waals surface area (Å²) in [6, 6.07) is 7.88. The molecule has 6 nitrogen and oxygen atoms in total. The van der Waals surface area contributed by atoms with E-state index in [9.17, 15) is 9.59 Å². The fraction of sp³-hybridized carbons (Fsp3) is 0. The van der Waals surface area contributed by atoms with Crippen LogP contribution in [0.1, 0.15) is 11.1 Å². The minimum Gasteiger partial charge on any atom is -0.478 e. The first-order valence-corrected chi connectivity index (χ1v) is 6.86. The van der Waals surface area contributed by atoms with Gasteiger partial charge in [0, 0.05) is 36.9 Å². The summed E-state index contributed by atoms with van der Waals surface area (Å²) in [5.41, 5.74) is 2.30. The van der Waals surface area contributed by atoms with Crippen molar-refractivity contribution in [2.75, 3.05) is 0 Å². The fourth-order valence-corrected chi connectivity index (χ4v) is 1.42. The van der Waals surface area contributed by atoms with Crippen LogP contribution in [0, 0.1) is 0 Å². The molecule has 122 valence electrons. The highest BCUT2D eigenvalue weighted by atomic mass is 16.4. The molecule has 0 aliphatic rings. The van der Waals surface area contributed by atoms with Crippen molar-refractivity contribution in [2.45, 2.75) is 0 Å². The van der Waals surface area contributed by atoms with Gasteiger partial charge in [0.25, 0.3) is 0 Å². The Morgan fingerprint density at radius 3 is 1.33 bits per heavy atom. The molecule has 0 saturated heterocycles. The average molecular weight is 324 g/mol. The second kappa shape index (κ2) is 11.1. The van der Waals surface area contributed by atoms with Crippen molar-refractivity contribution in [1.82, 2.24) is 9.97 Å². The smallest absolute Gasteiger partial charge is 0.328 e. The Morgan fingerprint density at radius 1 is 0.708 bits per heavy atom. The first-order chi connectivity index (χ1) is 11.6. The minimum atomic E-state index is -1.10. The Labute approximate surface area is 139 Å². The molecule has 24 heavy (non-hydrogen) atoms. The van der Waals surface area contributed by atoms with Crippen molar-refractivity contribution in [2.24, 2.45) is 0 Å². The number of hydrogen-bond donors (Lipinski definition) is 2. The van der Waals surface area contributed by atoms with Gasteiger partial charge in [0.05, 0.1) is 0 Å². The van der Waals surface area contributed by atoms with E-state index in [1.165, 1.54) is 0 Å². The van der Waals surface area contributed by atoms with Gasteiger partial charge in [0.1, 0.15) is 0 Å². The zero-order valence-electron chi connectivity index (χ0n) is 12.7. The van der Waals surface area contributed by atoms with E-state index >= 15 is 0 Å². The Hall–Kier alpha value is -3.54. The molecule has 2 N–H and O–H groups in total. The number of allylic oxidation sites excluding steroid dienone is 2. The molecular formula is C18H16N2O4. The maximum atomic E-state index is 9.78. The van der Waals surface area contributed by atoms with Gasteiger partial charge in [-0.05, 0) is 35.4 Å².